The van der Waals surface area contributed by atoms with Crippen LogP contribution in [0.3, 0.4) is 0 Å². The minimum Gasteiger partial charge on any atom is -0.493 e. The van der Waals surface area contributed by atoms with Crippen molar-refractivity contribution >= 4 is 41.0 Å². The van der Waals surface area contributed by atoms with Crippen LogP contribution in [0.5, 0.6) is 5.75 Å². The number of aliphatic imine (C=N–C) groups is 1. The van der Waals surface area contributed by atoms with Gasteiger partial charge in [-0.05, 0) is 89.5 Å². The van der Waals surface area contributed by atoms with Gasteiger partial charge in [0.05, 0.1) is 24.3 Å². The Morgan fingerprint density at radius 1 is 1.04 bits per heavy atom. The average Bonchev–Trinajstić information content (AvgIpc) is 3.53. The maximum Gasteiger partial charge on any atom is 0.325 e. The number of nitrogens with zero attached hydrogens (tertiary/aromatic N) is 5. The highest BCUT2D eigenvalue weighted by atomic mass is 35.5. The molecule has 276 valence electrons. The fourth-order valence-electron chi connectivity index (χ4n) is 7.20. The number of benzene rings is 1. The number of carbonyl (C=O) groups is 2. The van der Waals surface area contributed by atoms with E-state index >= 15 is 0 Å². The van der Waals surface area contributed by atoms with Crippen molar-refractivity contribution in [2.45, 2.75) is 111 Å². The highest BCUT2D eigenvalue weighted by molar-refractivity contribution is 6.31. The van der Waals surface area contributed by atoms with Gasteiger partial charge in [-0.1, -0.05) is 68.3 Å². The highest BCUT2D eigenvalue weighted by Crippen LogP contribution is 2.35. The first-order valence-electron chi connectivity index (χ1n) is 18.5. The zero-order chi connectivity index (χ0) is 36.9. The van der Waals surface area contributed by atoms with Crippen molar-refractivity contribution in [1.82, 2.24) is 19.7 Å². The van der Waals surface area contributed by atoms with E-state index in [0.29, 0.717) is 59.4 Å². The summed E-state index contributed by atoms with van der Waals surface area (Å²) in [5.74, 6) is 1.68. The molecule has 0 spiro atoms. The van der Waals surface area contributed by atoms with Crippen LogP contribution >= 0.6 is 23.2 Å². The van der Waals surface area contributed by atoms with Crippen LogP contribution in [0.4, 0.5) is 4.79 Å². The summed E-state index contributed by atoms with van der Waals surface area (Å²) in [5, 5.41) is 1.34. The van der Waals surface area contributed by atoms with Crippen LogP contribution in [0.15, 0.2) is 64.8 Å². The van der Waals surface area contributed by atoms with Gasteiger partial charge in [0, 0.05) is 71.4 Å². The number of hydrogen-bond acceptors (Lipinski definition) is 5. The third-order valence-corrected chi connectivity index (χ3v) is 11.0. The summed E-state index contributed by atoms with van der Waals surface area (Å²) in [7, 11) is 0. The Labute approximate surface area is 314 Å². The second kappa shape index (κ2) is 16.5. The molecule has 1 aromatic carbocycles. The molecule has 2 unspecified atom stereocenters. The molecule has 5 rings (SSSR count). The summed E-state index contributed by atoms with van der Waals surface area (Å²) >= 11 is 12.6. The molecule has 2 atom stereocenters. The number of hydrogen-bond donors (Lipinski definition) is 0. The molecule has 2 fully saturated rings. The van der Waals surface area contributed by atoms with Gasteiger partial charge in [0.25, 0.3) is 0 Å². The number of carbonyl (C=O) groups excluding carboxylic acids is 2. The van der Waals surface area contributed by atoms with Crippen molar-refractivity contribution in [3.8, 4) is 5.75 Å². The lowest BCUT2D eigenvalue weighted by atomic mass is 9.83. The van der Waals surface area contributed by atoms with E-state index in [4.69, 9.17) is 37.9 Å². The molecule has 0 radical (unpaired) electrons. The van der Waals surface area contributed by atoms with E-state index in [1.807, 2.05) is 65.4 Å². The number of rotatable bonds is 9. The zero-order valence-electron chi connectivity index (χ0n) is 31.4. The Balaban J connectivity index is 1.53. The van der Waals surface area contributed by atoms with Gasteiger partial charge in [-0.15, -0.1) is 0 Å². The van der Waals surface area contributed by atoms with Crippen LogP contribution in [0.1, 0.15) is 104 Å². The number of ether oxygens (including phenoxy) is 1. The second-order valence-corrected chi connectivity index (χ2v) is 16.7. The molecule has 3 heterocycles. The summed E-state index contributed by atoms with van der Waals surface area (Å²) < 4.78 is 6.30. The van der Waals surface area contributed by atoms with Crippen LogP contribution in [-0.2, 0) is 16.8 Å². The summed E-state index contributed by atoms with van der Waals surface area (Å²) in [4.78, 5) is 44.2. The van der Waals surface area contributed by atoms with Crippen molar-refractivity contribution in [3.05, 3.63) is 81.6 Å². The zero-order valence-corrected chi connectivity index (χ0v) is 32.9. The van der Waals surface area contributed by atoms with E-state index < -0.39 is 5.54 Å². The number of urea groups is 1. The van der Waals surface area contributed by atoms with Crippen LogP contribution < -0.4 is 4.74 Å². The molecular formula is C41H55Cl2N5O3. The van der Waals surface area contributed by atoms with Gasteiger partial charge in [0.15, 0.2) is 0 Å². The monoisotopic (exact) mass is 735 g/mol. The molecule has 2 aliphatic heterocycles. The molecule has 2 aromatic rings. The van der Waals surface area contributed by atoms with Gasteiger partial charge in [-0.25, -0.2) is 4.79 Å². The van der Waals surface area contributed by atoms with Crippen molar-refractivity contribution in [1.29, 1.82) is 0 Å². The molecule has 3 amide bonds. The summed E-state index contributed by atoms with van der Waals surface area (Å²) in [6.07, 6.45) is 12.8. The van der Waals surface area contributed by atoms with Gasteiger partial charge >= 0.3 is 6.03 Å². The fourth-order valence-corrected chi connectivity index (χ4v) is 7.49. The number of aromatic nitrogens is 1. The Hall–Kier alpha value is -3.36. The quantitative estimate of drug-likeness (QED) is 0.190. The highest BCUT2D eigenvalue weighted by Gasteiger charge is 2.36. The molecular weight excluding hydrogens is 681 g/mol. The number of halogens is 2. The Morgan fingerprint density at radius 2 is 1.75 bits per heavy atom. The first-order chi connectivity index (χ1) is 24.2. The van der Waals surface area contributed by atoms with E-state index in [2.05, 4.69) is 47.6 Å². The summed E-state index contributed by atoms with van der Waals surface area (Å²) in [6.45, 7) is 17.4. The molecule has 1 aromatic heterocycles. The van der Waals surface area contributed by atoms with Crippen molar-refractivity contribution in [3.63, 3.8) is 0 Å². The van der Waals surface area contributed by atoms with Crippen molar-refractivity contribution in [2.75, 3.05) is 26.2 Å². The van der Waals surface area contributed by atoms with Crippen LogP contribution in [-0.4, -0.2) is 75.3 Å². The molecule has 2 saturated heterocycles. The van der Waals surface area contributed by atoms with E-state index in [9.17, 15) is 9.59 Å². The lowest BCUT2D eigenvalue weighted by Gasteiger charge is -2.38. The third kappa shape index (κ3) is 9.75. The SMILES string of the molecule is CCOc1cc(C(C)(C)C)ncc1/C(=N/C(C)(C)C1C=CC(Cl)=CC1)N(Cc1ccc(Cl)cc1)C(=O)N1CCC(CC(=O)N2CCCC2C)CC1. The molecule has 3 aliphatic rings. The summed E-state index contributed by atoms with van der Waals surface area (Å²) in [5.41, 5.74) is 1.64. The molecule has 1 aliphatic carbocycles. The largest absolute Gasteiger partial charge is 0.493 e. The first-order valence-corrected chi connectivity index (χ1v) is 19.3. The molecule has 0 saturated carbocycles. The maximum absolute atomic E-state index is 14.9. The standard InChI is InChI=1S/C41H55Cl2N5O3/c1-8-51-35-25-36(40(3,4)5)44-26-34(35)38(45-41(6,7)31-13-17-33(43)18-14-31)48(27-30-11-15-32(42)16-12-30)39(50)46-22-19-29(20-23-46)24-37(49)47-21-9-10-28(47)2/h11-13,15-18,25-26,28-29,31H,8-10,14,19-24,27H2,1-7H3/b45-38-. The second-order valence-electron chi connectivity index (χ2n) is 15.8. The molecule has 0 N–H and O–H groups in total. The average molecular weight is 737 g/mol. The molecule has 8 nitrogen and oxygen atoms in total. The smallest absolute Gasteiger partial charge is 0.325 e. The molecule has 10 heteroatoms. The van der Waals surface area contributed by atoms with Crippen LogP contribution in [0.2, 0.25) is 5.02 Å². The number of allylic oxidation sites excluding steroid dienone is 3. The van der Waals surface area contributed by atoms with E-state index in [1.165, 1.54) is 0 Å². The number of piperidine rings is 1. The van der Waals surface area contributed by atoms with E-state index in [1.54, 1.807) is 4.90 Å². The molecule has 51 heavy (non-hydrogen) atoms. The summed E-state index contributed by atoms with van der Waals surface area (Å²) in [6, 6.07) is 9.75. The third-order valence-electron chi connectivity index (χ3n) is 10.5. The Morgan fingerprint density at radius 3 is 2.33 bits per heavy atom. The number of amides is 3. The minimum absolute atomic E-state index is 0.0476. The van der Waals surface area contributed by atoms with Crippen LogP contribution in [0, 0.1) is 11.8 Å². The first kappa shape index (κ1) is 38.9. The number of amidine groups is 1. The number of pyridine rings is 1. The normalized spacial score (nSPS) is 20.4. The van der Waals surface area contributed by atoms with Gasteiger partial charge < -0.3 is 14.5 Å². The van der Waals surface area contributed by atoms with E-state index in [-0.39, 0.29) is 35.7 Å². The van der Waals surface area contributed by atoms with Crippen LogP contribution in [0.25, 0.3) is 0 Å². The predicted octanol–water partition coefficient (Wildman–Crippen LogP) is 9.39. The predicted molar refractivity (Wildman–Crippen MR) is 208 cm³/mol. The van der Waals surface area contributed by atoms with Crippen molar-refractivity contribution < 1.29 is 14.3 Å². The minimum atomic E-state index is -0.620. The molecule has 0 bridgehead atoms. The topological polar surface area (TPSA) is 78.3 Å². The number of likely N-dealkylation sites (tertiary alicyclic amines) is 2. The maximum atomic E-state index is 14.9. The van der Waals surface area contributed by atoms with Gasteiger partial charge in [0.2, 0.25) is 5.91 Å². The Kier molecular flexibility index (Phi) is 12.6. The van der Waals surface area contributed by atoms with Gasteiger partial charge in [-0.2, -0.15) is 0 Å². The Bertz CT molecular complexity index is 1640. The fraction of sp³-hybridized carbons (Fsp3) is 0.561. The van der Waals surface area contributed by atoms with E-state index in [0.717, 1.165) is 49.9 Å². The van der Waals surface area contributed by atoms with Crippen molar-refractivity contribution in [2.24, 2.45) is 16.8 Å². The van der Waals surface area contributed by atoms with Gasteiger partial charge in [-0.3, -0.25) is 19.7 Å². The van der Waals surface area contributed by atoms with Gasteiger partial charge in [0.1, 0.15) is 11.6 Å². The lowest BCUT2D eigenvalue weighted by molar-refractivity contribution is -0.133. The lowest BCUT2D eigenvalue weighted by Crippen LogP contribution is -2.50.